The number of Topliss-reactive ketones (excluding diaryl/α,β-unsaturated/α-hetero) is 1. The quantitative estimate of drug-likeness (QED) is 0.682. The lowest BCUT2D eigenvalue weighted by atomic mass is 10.0. The highest BCUT2D eigenvalue weighted by molar-refractivity contribution is 5.95. The second-order valence-electron chi connectivity index (χ2n) is 3.50. The van der Waals surface area contributed by atoms with Crippen LogP contribution < -0.4 is 0 Å². The van der Waals surface area contributed by atoms with Gasteiger partial charge in [-0.1, -0.05) is 56.0 Å². The molecule has 0 atom stereocenters. The van der Waals surface area contributed by atoms with Crippen LogP contribution in [0.2, 0.25) is 0 Å². The summed E-state index contributed by atoms with van der Waals surface area (Å²) in [5.74, 6) is 0.104. The summed E-state index contributed by atoms with van der Waals surface area (Å²) in [4.78, 5) is 11.2. The molecule has 0 unspecified atom stereocenters. The molecule has 0 aromatic heterocycles. The van der Waals surface area contributed by atoms with Crippen molar-refractivity contribution in [1.29, 1.82) is 0 Å². The van der Waals surface area contributed by atoms with Gasteiger partial charge in [0.1, 0.15) is 0 Å². The summed E-state index contributed by atoms with van der Waals surface area (Å²) in [5.41, 5.74) is 2.99. The van der Waals surface area contributed by atoms with Crippen LogP contribution in [-0.2, 0) is 0 Å². The van der Waals surface area contributed by atoms with E-state index < -0.39 is 0 Å². The number of carbonyl (C=O) groups is 1. The predicted molar refractivity (Wildman–Crippen MR) is 68.6 cm³/mol. The third-order valence-electron chi connectivity index (χ3n) is 2.38. The molecule has 1 nitrogen and oxygen atoms in total. The van der Waals surface area contributed by atoms with Gasteiger partial charge in [-0.25, -0.2) is 0 Å². The van der Waals surface area contributed by atoms with Crippen molar-refractivity contribution in [3.63, 3.8) is 0 Å². The van der Waals surface area contributed by atoms with Crippen LogP contribution in [0.25, 0.3) is 11.1 Å². The smallest absolute Gasteiger partial charge is 0.159 e. The molecule has 0 saturated carbocycles. The third kappa shape index (κ3) is 2.57. The van der Waals surface area contributed by atoms with E-state index >= 15 is 0 Å². The van der Waals surface area contributed by atoms with E-state index in [-0.39, 0.29) is 13.2 Å². The molecule has 0 aliphatic heterocycles. The van der Waals surface area contributed by atoms with Crippen molar-refractivity contribution < 1.29 is 4.79 Å². The lowest BCUT2D eigenvalue weighted by Crippen LogP contribution is -1.91. The van der Waals surface area contributed by atoms with Crippen LogP contribution in [0.4, 0.5) is 0 Å². The Labute approximate surface area is 96.8 Å². The Hall–Kier alpha value is -1.89. The maximum absolute atomic E-state index is 11.2. The first kappa shape index (κ1) is 12.2. The average molecular weight is 212 g/mol. The number of rotatable bonds is 2. The zero-order valence-electron chi connectivity index (χ0n) is 8.60. The van der Waals surface area contributed by atoms with Crippen molar-refractivity contribution in [3.05, 3.63) is 60.2 Å². The van der Waals surface area contributed by atoms with Gasteiger partial charge in [-0.05, 0) is 24.1 Å². The Balaban J connectivity index is 0.00000128. The van der Waals surface area contributed by atoms with Crippen LogP contribution in [0.15, 0.2) is 54.6 Å². The van der Waals surface area contributed by atoms with Gasteiger partial charge in [-0.2, -0.15) is 0 Å². The minimum absolute atomic E-state index is 0. The highest BCUT2D eigenvalue weighted by Gasteiger charge is 2.01. The molecule has 0 N–H and O–H groups in total. The number of ketones is 1. The van der Waals surface area contributed by atoms with Gasteiger partial charge in [0.25, 0.3) is 0 Å². The topological polar surface area (TPSA) is 17.1 Å². The molecule has 0 saturated heterocycles. The lowest BCUT2D eigenvalue weighted by molar-refractivity contribution is 0.101. The van der Waals surface area contributed by atoms with E-state index in [0.717, 1.165) is 16.7 Å². The summed E-state index contributed by atoms with van der Waals surface area (Å²) in [7, 11) is 0. The minimum atomic E-state index is 0. The SMILES string of the molecule is C.CC(=O)c1cccc(-c2ccccc2)c1. The van der Waals surface area contributed by atoms with E-state index in [1.807, 2.05) is 54.6 Å². The minimum Gasteiger partial charge on any atom is -0.295 e. The molecule has 0 spiro atoms. The van der Waals surface area contributed by atoms with E-state index in [9.17, 15) is 4.79 Å². The summed E-state index contributed by atoms with van der Waals surface area (Å²) in [6.45, 7) is 1.59. The molecule has 0 aliphatic carbocycles. The highest BCUT2D eigenvalue weighted by Crippen LogP contribution is 2.19. The molecule has 1 heteroatoms. The Bertz CT molecular complexity index is 472. The molecule has 0 aliphatic rings. The molecular weight excluding hydrogens is 196 g/mol. The Kier molecular flexibility index (Phi) is 4.01. The zero-order chi connectivity index (χ0) is 10.7. The van der Waals surface area contributed by atoms with Gasteiger partial charge in [0.05, 0.1) is 0 Å². The summed E-state index contributed by atoms with van der Waals surface area (Å²) >= 11 is 0. The monoisotopic (exact) mass is 212 g/mol. The normalized spacial score (nSPS) is 9.31. The van der Waals surface area contributed by atoms with Crippen LogP contribution in [0.5, 0.6) is 0 Å². The maximum atomic E-state index is 11.2. The van der Waals surface area contributed by atoms with E-state index in [0.29, 0.717) is 0 Å². The first-order valence-electron chi connectivity index (χ1n) is 4.94. The molecular formula is C15H16O. The fraction of sp³-hybridized carbons (Fsp3) is 0.133. The lowest BCUT2D eigenvalue weighted by Gasteiger charge is -2.02. The van der Waals surface area contributed by atoms with Gasteiger partial charge in [-0.3, -0.25) is 4.79 Å². The van der Waals surface area contributed by atoms with Crippen molar-refractivity contribution in [1.82, 2.24) is 0 Å². The fourth-order valence-corrected chi connectivity index (χ4v) is 1.55. The number of hydrogen-bond acceptors (Lipinski definition) is 1. The average Bonchev–Trinajstić information content (AvgIpc) is 2.30. The van der Waals surface area contributed by atoms with Crippen molar-refractivity contribution in [2.45, 2.75) is 14.4 Å². The van der Waals surface area contributed by atoms with Crippen molar-refractivity contribution in [3.8, 4) is 11.1 Å². The van der Waals surface area contributed by atoms with Crippen molar-refractivity contribution in [2.24, 2.45) is 0 Å². The Morgan fingerprint density at radius 1 is 0.875 bits per heavy atom. The van der Waals surface area contributed by atoms with Crippen LogP contribution in [-0.4, -0.2) is 5.78 Å². The molecule has 2 rings (SSSR count). The Morgan fingerprint density at radius 2 is 1.50 bits per heavy atom. The predicted octanol–water partition coefficient (Wildman–Crippen LogP) is 4.19. The van der Waals surface area contributed by atoms with Gasteiger partial charge in [0, 0.05) is 5.56 Å². The highest BCUT2D eigenvalue weighted by atomic mass is 16.1. The first-order chi connectivity index (χ1) is 7.27. The standard InChI is InChI=1S/C14H12O.CH4/c1-11(15)13-8-5-9-14(10-13)12-6-3-2-4-7-12;/h2-10H,1H3;1H4. The summed E-state index contributed by atoms with van der Waals surface area (Å²) in [6.07, 6.45) is 0. The van der Waals surface area contributed by atoms with Gasteiger partial charge >= 0.3 is 0 Å². The van der Waals surface area contributed by atoms with E-state index in [2.05, 4.69) is 0 Å². The van der Waals surface area contributed by atoms with Crippen molar-refractivity contribution >= 4 is 5.78 Å². The molecule has 0 heterocycles. The zero-order valence-corrected chi connectivity index (χ0v) is 8.60. The maximum Gasteiger partial charge on any atom is 0.159 e. The van der Waals surface area contributed by atoms with Gasteiger partial charge in [0.15, 0.2) is 5.78 Å². The van der Waals surface area contributed by atoms with Crippen LogP contribution in [0.3, 0.4) is 0 Å². The van der Waals surface area contributed by atoms with Crippen LogP contribution >= 0.6 is 0 Å². The van der Waals surface area contributed by atoms with Gasteiger partial charge < -0.3 is 0 Å². The molecule has 0 radical (unpaired) electrons. The summed E-state index contributed by atoms with van der Waals surface area (Å²) in [6, 6.07) is 17.8. The van der Waals surface area contributed by atoms with Gasteiger partial charge in [0.2, 0.25) is 0 Å². The van der Waals surface area contributed by atoms with E-state index in [1.165, 1.54) is 0 Å². The van der Waals surface area contributed by atoms with Crippen LogP contribution in [0.1, 0.15) is 24.7 Å². The first-order valence-corrected chi connectivity index (χ1v) is 4.94. The van der Waals surface area contributed by atoms with Crippen molar-refractivity contribution in [2.75, 3.05) is 0 Å². The molecule has 2 aromatic carbocycles. The van der Waals surface area contributed by atoms with E-state index in [4.69, 9.17) is 0 Å². The third-order valence-corrected chi connectivity index (χ3v) is 2.38. The largest absolute Gasteiger partial charge is 0.295 e. The second kappa shape index (κ2) is 5.26. The fourth-order valence-electron chi connectivity index (χ4n) is 1.55. The molecule has 0 amide bonds. The second-order valence-corrected chi connectivity index (χ2v) is 3.50. The molecule has 2 aromatic rings. The number of hydrogen-bond donors (Lipinski definition) is 0. The number of benzene rings is 2. The molecule has 16 heavy (non-hydrogen) atoms. The summed E-state index contributed by atoms with van der Waals surface area (Å²) < 4.78 is 0. The number of carbonyl (C=O) groups excluding carboxylic acids is 1. The van der Waals surface area contributed by atoms with Gasteiger partial charge in [-0.15, -0.1) is 0 Å². The Morgan fingerprint density at radius 3 is 2.12 bits per heavy atom. The molecule has 0 fully saturated rings. The van der Waals surface area contributed by atoms with E-state index in [1.54, 1.807) is 6.92 Å². The summed E-state index contributed by atoms with van der Waals surface area (Å²) in [5, 5.41) is 0. The molecule has 82 valence electrons. The molecule has 0 bridgehead atoms. The van der Waals surface area contributed by atoms with Crippen LogP contribution in [0, 0.1) is 0 Å².